The number of pyridine rings is 1. The number of nitrogens with zero attached hydrogens (tertiary/aromatic N) is 1. The second-order valence-electron chi connectivity index (χ2n) is 5.96. The van der Waals surface area contributed by atoms with Gasteiger partial charge in [-0.25, -0.2) is 4.98 Å². The minimum absolute atomic E-state index is 0.178. The summed E-state index contributed by atoms with van der Waals surface area (Å²) in [4.78, 5) is 41.0. The summed E-state index contributed by atoms with van der Waals surface area (Å²) in [6, 6.07) is 13.3. The Morgan fingerprint density at radius 3 is 2.11 bits per heavy atom. The van der Waals surface area contributed by atoms with Crippen LogP contribution in [0.1, 0.15) is 23.7 Å². The highest BCUT2D eigenvalue weighted by Gasteiger charge is 2.25. The molecule has 0 bridgehead atoms. The van der Waals surface area contributed by atoms with Crippen molar-refractivity contribution in [3.05, 3.63) is 54.1 Å². The predicted octanol–water partition coefficient (Wildman–Crippen LogP) is 1.92. The highest BCUT2D eigenvalue weighted by molar-refractivity contribution is 6.16. The van der Waals surface area contributed by atoms with Crippen LogP contribution in [0.25, 0.3) is 21.8 Å². The molecule has 0 saturated heterocycles. The summed E-state index contributed by atoms with van der Waals surface area (Å²) in [6.07, 6.45) is -0.324. The van der Waals surface area contributed by atoms with Crippen molar-refractivity contribution in [3.8, 4) is 0 Å². The molecule has 0 saturated carbocycles. The number of primary amides is 1. The van der Waals surface area contributed by atoms with E-state index in [9.17, 15) is 14.4 Å². The van der Waals surface area contributed by atoms with E-state index >= 15 is 0 Å². The van der Waals surface area contributed by atoms with E-state index in [-0.39, 0.29) is 13.0 Å². The first-order valence-corrected chi connectivity index (χ1v) is 8.54. The van der Waals surface area contributed by atoms with Crippen LogP contribution in [0, 0.1) is 0 Å². The lowest BCUT2D eigenvalue weighted by atomic mass is 10.0. The molecule has 0 radical (unpaired) electrons. The molecule has 0 spiro atoms. The summed E-state index contributed by atoms with van der Waals surface area (Å²) in [7, 11) is 0. The van der Waals surface area contributed by atoms with Gasteiger partial charge in [-0.1, -0.05) is 36.4 Å². The van der Waals surface area contributed by atoms with E-state index in [1.54, 1.807) is 31.2 Å². The number of carbonyl (C=O) groups is 3. The van der Waals surface area contributed by atoms with Gasteiger partial charge in [-0.3, -0.25) is 14.4 Å². The number of hydrogen-bond donors (Lipinski definition) is 2. The molecule has 0 aliphatic rings. The average Bonchev–Trinajstić information content (AvgIpc) is 2.65. The molecule has 1 heterocycles. The van der Waals surface area contributed by atoms with Gasteiger partial charge in [0.05, 0.1) is 29.6 Å². The lowest BCUT2D eigenvalue weighted by Gasteiger charge is -2.16. The second kappa shape index (κ2) is 7.82. The molecule has 0 aliphatic carbocycles. The zero-order chi connectivity index (χ0) is 19.4. The van der Waals surface area contributed by atoms with Gasteiger partial charge >= 0.3 is 5.97 Å². The largest absolute Gasteiger partial charge is 0.466 e. The van der Waals surface area contributed by atoms with Gasteiger partial charge in [0.15, 0.2) is 0 Å². The fourth-order valence-corrected chi connectivity index (χ4v) is 2.92. The highest BCUT2D eigenvalue weighted by atomic mass is 16.5. The normalized spacial score (nSPS) is 11.9. The van der Waals surface area contributed by atoms with Crippen LogP contribution in [0.2, 0.25) is 0 Å². The maximum Gasteiger partial charge on any atom is 0.308 e. The summed E-state index contributed by atoms with van der Waals surface area (Å²) in [5.41, 5.74) is 7.05. The Labute approximate surface area is 155 Å². The van der Waals surface area contributed by atoms with Crippen molar-refractivity contribution in [2.45, 2.75) is 19.4 Å². The summed E-state index contributed by atoms with van der Waals surface area (Å²) < 4.78 is 4.84. The summed E-state index contributed by atoms with van der Waals surface area (Å²) in [5, 5.41) is 3.86. The van der Waals surface area contributed by atoms with Crippen LogP contribution in [-0.4, -0.2) is 35.4 Å². The summed E-state index contributed by atoms with van der Waals surface area (Å²) in [6.45, 7) is 1.84. The van der Waals surface area contributed by atoms with Gasteiger partial charge in [-0.15, -0.1) is 0 Å². The molecule has 3 aromatic rings. The van der Waals surface area contributed by atoms with Crippen LogP contribution >= 0.6 is 0 Å². The van der Waals surface area contributed by atoms with E-state index in [1.807, 2.05) is 24.3 Å². The van der Waals surface area contributed by atoms with Gasteiger partial charge in [0.25, 0.3) is 5.91 Å². The molecule has 0 fully saturated rings. The van der Waals surface area contributed by atoms with Crippen LogP contribution in [0.15, 0.2) is 48.5 Å². The van der Waals surface area contributed by atoms with E-state index in [2.05, 4.69) is 10.3 Å². The first kappa shape index (κ1) is 18.3. The number of fused-ring (bicyclic) bond motifs is 2. The Hall–Kier alpha value is -3.48. The number of amides is 2. The number of hydrogen-bond acceptors (Lipinski definition) is 5. The molecule has 0 aliphatic heterocycles. The molecule has 7 heteroatoms. The van der Waals surface area contributed by atoms with Gasteiger partial charge in [0, 0.05) is 10.8 Å². The van der Waals surface area contributed by atoms with Crippen molar-refractivity contribution < 1.29 is 19.1 Å². The third kappa shape index (κ3) is 3.87. The van der Waals surface area contributed by atoms with Crippen molar-refractivity contribution in [2.24, 2.45) is 5.73 Å². The molecular weight excluding hydrogens is 346 g/mol. The summed E-state index contributed by atoms with van der Waals surface area (Å²) >= 11 is 0. The maximum absolute atomic E-state index is 13.0. The Bertz CT molecular complexity index is 978. The fraction of sp³-hybridized carbons (Fsp3) is 0.200. The van der Waals surface area contributed by atoms with E-state index in [0.29, 0.717) is 27.4 Å². The van der Waals surface area contributed by atoms with E-state index in [4.69, 9.17) is 10.5 Å². The minimum atomic E-state index is -1.16. The lowest BCUT2D eigenvalue weighted by Crippen LogP contribution is -2.46. The zero-order valence-corrected chi connectivity index (χ0v) is 14.8. The number of nitrogens with one attached hydrogen (secondary N) is 1. The van der Waals surface area contributed by atoms with Crippen molar-refractivity contribution in [2.75, 3.05) is 6.61 Å². The number of ether oxygens (including phenoxy) is 1. The van der Waals surface area contributed by atoms with E-state index in [1.165, 1.54) is 0 Å². The van der Waals surface area contributed by atoms with Crippen LogP contribution in [-0.2, 0) is 14.3 Å². The first-order valence-electron chi connectivity index (χ1n) is 8.54. The third-order valence-corrected chi connectivity index (χ3v) is 4.14. The van der Waals surface area contributed by atoms with Crippen LogP contribution in [0.4, 0.5) is 0 Å². The number of carbonyl (C=O) groups excluding carboxylic acids is 3. The molecule has 27 heavy (non-hydrogen) atoms. The molecule has 2 amide bonds. The standard InChI is InChI=1S/C20H19N3O4/c1-2-27-17(24)11-16(19(21)25)23-20(26)18-12-7-3-5-9-14(12)22-15-10-6-4-8-13(15)18/h3-10,16H,2,11H2,1H3,(H2,21,25)(H,23,26)/t16-/m0/s1. The predicted molar refractivity (Wildman–Crippen MR) is 101 cm³/mol. The molecule has 3 rings (SSSR count). The molecule has 1 aromatic heterocycles. The van der Waals surface area contributed by atoms with Gasteiger partial charge < -0.3 is 15.8 Å². The van der Waals surface area contributed by atoms with Crippen LogP contribution in [0.5, 0.6) is 0 Å². The van der Waals surface area contributed by atoms with Crippen LogP contribution in [0.3, 0.4) is 0 Å². The Morgan fingerprint density at radius 2 is 1.59 bits per heavy atom. The molecule has 1 atom stereocenters. The number of esters is 1. The summed E-state index contributed by atoms with van der Waals surface area (Å²) in [5.74, 6) is -1.91. The molecular formula is C20H19N3O4. The second-order valence-corrected chi connectivity index (χ2v) is 5.96. The highest BCUT2D eigenvalue weighted by Crippen LogP contribution is 2.26. The number of para-hydroxylation sites is 2. The SMILES string of the molecule is CCOC(=O)C[C@H](NC(=O)c1c2ccccc2nc2ccccc12)C(N)=O. The Kier molecular flexibility index (Phi) is 5.30. The molecule has 7 nitrogen and oxygen atoms in total. The van der Waals surface area contributed by atoms with Gasteiger partial charge in [-0.2, -0.15) is 0 Å². The number of benzene rings is 2. The molecule has 138 valence electrons. The number of rotatable bonds is 6. The number of aromatic nitrogens is 1. The monoisotopic (exact) mass is 365 g/mol. The van der Waals surface area contributed by atoms with Crippen molar-refractivity contribution in [3.63, 3.8) is 0 Å². The lowest BCUT2D eigenvalue weighted by molar-refractivity contribution is -0.145. The first-order chi connectivity index (χ1) is 13.0. The molecule has 3 N–H and O–H groups in total. The Balaban J connectivity index is 2.03. The minimum Gasteiger partial charge on any atom is -0.466 e. The maximum atomic E-state index is 13.0. The van der Waals surface area contributed by atoms with E-state index < -0.39 is 23.8 Å². The Morgan fingerprint density at radius 1 is 1.04 bits per heavy atom. The van der Waals surface area contributed by atoms with Crippen molar-refractivity contribution in [1.29, 1.82) is 0 Å². The molecule has 2 aromatic carbocycles. The zero-order valence-electron chi connectivity index (χ0n) is 14.8. The van der Waals surface area contributed by atoms with Gasteiger partial charge in [0.2, 0.25) is 5.91 Å². The van der Waals surface area contributed by atoms with Gasteiger partial charge in [0.1, 0.15) is 6.04 Å². The number of nitrogens with two attached hydrogens (primary N) is 1. The smallest absolute Gasteiger partial charge is 0.308 e. The van der Waals surface area contributed by atoms with Crippen LogP contribution < -0.4 is 11.1 Å². The van der Waals surface area contributed by atoms with Gasteiger partial charge in [-0.05, 0) is 19.1 Å². The quantitative estimate of drug-likeness (QED) is 0.512. The van der Waals surface area contributed by atoms with Crippen molar-refractivity contribution in [1.82, 2.24) is 10.3 Å². The topological polar surface area (TPSA) is 111 Å². The third-order valence-electron chi connectivity index (χ3n) is 4.14. The average molecular weight is 365 g/mol. The molecule has 0 unspecified atom stereocenters. The van der Waals surface area contributed by atoms with E-state index in [0.717, 1.165) is 0 Å². The fourth-order valence-electron chi connectivity index (χ4n) is 2.92. The van der Waals surface area contributed by atoms with Crippen molar-refractivity contribution >= 4 is 39.6 Å².